The number of hydrogen-bond acceptors (Lipinski definition) is 5. The molecule has 4 rings (SSSR count). The van der Waals surface area contributed by atoms with Crippen molar-refractivity contribution in [1.29, 1.82) is 0 Å². The van der Waals surface area contributed by atoms with E-state index in [4.69, 9.17) is 5.11 Å². The van der Waals surface area contributed by atoms with E-state index >= 15 is 0 Å². The van der Waals surface area contributed by atoms with Crippen LogP contribution in [0.1, 0.15) is 40.4 Å². The summed E-state index contributed by atoms with van der Waals surface area (Å²) in [7, 11) is 1.97. The van der Waals surface area contributed by atoms with Crippen molar-refractivity contribution in [1.82, 2.24) is 24.4 Å². The first-order valence-electron chi connectivity index (χ1n) is 9.45. The lowest BCUT2D eigenvalue weighted by atomic mass is 9.91. The first-order valence-corrected chi connectivity index (χ1v) is 9.45. The number of nitrogens with zero attached hydrogens (tertiary/aromatic N) is 5. The van der Waals surface area contributed by atoms with Gasteiger partial charge in [0.05, 0.1) is 11.3 Å². The molecule has 3 aromatic rings. The molecule has 0 saturated carbocycles. The van der Waals surface area contributed by atoms with E-state index in [1.807, 2.05) is 29.9 Å². The van der Waals surface area contributed by atoms with Gasteiger partial charge in [-0.2, -0.15) is 0 Å². The van der Waals surface area contributed by atoms with E-state index in [1.165, 1.54) is 0 Å². The Labute approximate surface area is 163 Å². The van der Waals surface area contributed by atoms with Crippen LogP contribution in [-0.2, 0) is 13.6 Å². The van der Waals surface area contributed by atoms with Crippen molar-refractivity contribution in [2.24, 2.45) is 7.05 Å². The van der Waals surface area contributed by atoms with E-state index in [9.17, 15) is 4.79 Å². The second-order valence-corrected chi connectivity index (χ2v) is 7.21. The van der Waals surface area contributed by atoms with Crippen LogP contribution in [0.3, 0.4) is 0 Å². The van der Waals surface area contributed by atoms with Crippen LogP contribution in [0.4, 0.5) is 0 Å². The molecule has 0 bridgehead atoms. The van der Waals surface area contributed by atoms with Gasteiger partial charge in [-0.15, -0.1) is 0 Å². The van der Waals surface area contributed by atoms with E-state index in [-0.39, 0.29) is 0 Å². The number of rotatable bonds is 5. The van der Waals surface area contributed by atoms with Crippen molar-refractivity contribution in [2.75, 3.05) is 13.1 Å². The lowest BCUT2D eigenvalue weighted by Gasteiger charge is -2.32. The molecule has 0 unspecified atom stereocenters. The van der Waals surface area contributed by atoms with Gasteiger partial charge >= 0.3 is 5.97 Å². The molecule has 1 saturated heterocycles. The van der Waals surface area contributed by atoms with Gasteiger partial charge in [-0.25, -0.2) is 14.8 Å². The molecule has 1 N–H and O–H groups in total. The van der Waals surface area contributed by atoms with Gasteiger partial charge in [0.25, 0.3) is 0 Å². The van der Waals surface area contributed by atoms with E-state index in [2.05, 4.69) is 19.9 Å². The Bertz CT molecular complexity index is 976. The smallest absolute Gasteiger partial charge is 0.335 e. The van der Waals surface area contributed by atoms with Gasteiger partial charge in [0.1, 0.15) is 5.69 Å². The van der Waals surface area contributed by atoms with Crippen molar-refractivity contribution >= 4 is 5.97 Å². The minimum Gasteiger partial charge on any atom is -0.478 e. The number of hydrogen-bond donors (Lipinski definition) is 1. The minimum atomic E-state index is -0.884. The Kier molecular flexibility index (Phi) is 5.16. The average molecular weight is 377 g/mol. The third-order valence-electron chi connectivity index (χ3n) is 5.31. The van der Waals surface area contributed by atoms with E-state index in [1.54, 1.807) is 30.7 Å². The van der Waals surface area contributed by atoms with Gasteiger partial charge in [-0.05, 0) is 43.6 Å². The van der Waals surface area contributed by atoms with Crippen LogP contribution < -0.4 is 0 Å². The maximum atomic E-state index is 11.2. The summed E-state index contributed by atoms with van der Waals surface area (Å²) in [4.78, 5) is 27.2. The molecule has 2 aromatic heterocycles. The van der Waals surface area contributed by atoms with Crippen LogP contribution in [0.2, 0.25) is 0 Å². The summed E-state index contributed by atoms with van der Waals surface area (Å²) in [6.07, 6.45) is 9.16. The SMILES string of the molecule is Cn1ccnc1-c1nccnc1C1CCN(Cc2cccc(C(=O)O)c2)CC1. The zero-order valence-corrected chi connectivity index (χ0v) is 15.8. The fraction of sp³-hybridized carbons (Fsp3) is 0.333. The number of piperidine rings is 1. The largest absolute Gasteiger partial charge is 0.478 e. The topological polar surface area (TPSA) is 84.1 Å². The molecule has 144 valence electrons. The number of aryl methyl sites for hydroxylation is 1. The van der Waals surface area contributed by atoms with Crippen molar-refractivity contribution < 1.29 is 9.90 Å². The fourth-order valence-corrected chi connectivity index (χ4v) is 3.84. The maximum Gasteiger partial charge on any atom is 0.335 e. The number of aromatic carboxylic acids is 1. The summed E-state index contributed by atoms with van der Waals surface area (Å²) < 4.78 is 1.97. The van der Waals surface area contributed by atoms with Gasteiger partial charge in [-0.1, -0.05) is 12.1 Å². The monoisotopic (exact) mass is 377 g/mol. The second kappa shape index (κ2) is 7.90. The lowest BCUT2D eigenvalue weighted by molar-refractivity contribution is 0.0696. The number of likely N-dealkylation sites (tertiary alicyclic amines) is 1. The number of imidazole rings is 1. The zero-order valence-electron chi connectivity index (χ0n) is 15.8. The quantitative estimate of drug-likeness (QED) is 0.736. The molecule has 0 amide bonds. The summed E-state index contributed by atoms with van der Waals surface area (Å²) in [6, 6.07) is 7.19. The van der Waals surface area contributed by atoms with Crippen molar-refractivity contribution in [3.63, 3.8) is 0 Å². The van der Waals surface area contributed by atoms with Gasteiger partial charge in [0.2, 0.25) is 0 Å². The van der Waals surface area contributed by atoms with E-state index in [0.29, 0.717) is 11.5 Å². The second-order valence-electron chi connectivity index (χ2n) is 7.21. The summed E-state index contributed by atoms with van der Waals surface area (Å²) in [5.74, 6) is 0.308. The molecular formula is C21H23N5O2. The molecule has 1 fully saturated rings. The summed E-state index contributed by atoms with van der Waals surface area (Å²) in [5, 5.41) is 9.17. The number of carbonyl (C=O) groups is 1. The van der Waals surface area contributed by atoms with Gasteiger partial charge in [0.15, 0.2) is 5.82 Å². The molecule has 28 heavy (non-hydrogen) atoms. The molecule has 7 heteroatoms. The molecule has 1 aliphatic heterocycles. The third kappa shape index (κ3) is 3.80. The fourth-order valence-electron chi connectivity index (χ4n) is 3.84. The molecule has 3 heterocycles. The lowest BCUT2D eigenvalue weighted by Crippen LogP contribution is -2.33. The van der Waals surface area contributed by atoms with Gasteiger partial charge < -0.3 is 9.67 Å². The predicted octanol–water partition coefficient (Wildman–Crippen LogP) is 2.95. The third-order valence-corrected chi connectivity index (χ3v) is 5.31. The first kappa shape index (κ1) is 18.3. The molecule has 0 spiro atoms. The van der Waals surface area contributed by atoms with E-state index in [0.717, 1.165) is 55.3 Å². The van der Waals surface area contributed by atoms with Crippen molar-refractivity contribution in [3.05, 3.63) is 65.9 Å². The standard InChI is InChI=1S/C21H23N5O2/c1-25-12-9-24-20(25)19-18(22-7-8-23-19)16-5-10-26(11-6-16)14-15-3-2-4-17(13-15)21(27)28/h2-4,7-9,12-13,16H,5-6,10-11,14H2,1H3,(H,27,28). The van der Waals surface area contributed by atoms with Crippen LogP contribution >= 0.6 is 0 Å². The number of aromatic nitrogens is 4. The summed E-state index contributed by atoms with van der Waals surface area (Å²) >= 11 is 0. The highest BCUT2D eigenvalue weighted by molar-refractivity contribution is 5.87. The Balaban J connectivity index is 1.45. The van der Waals surface area contributed by atoms with Crippen molar-refractivity contribution in [2.45, 2.75) is 25.3 Å². The molecule has 1 aliphatic rings. The maximum absolute atomic E-state index is 11.2. The average Bonchev–Trinajstić information content (AvgIpc) is 3.14. The van der Waals surface area contributed by atoms with Crippen molar-refractivity contribution in [3.8, 4) is 11.5 Å². The number of benzene rings is 1. The predicted molar refractivity (Wildman–Crippen MR) is 105 cm³/mol. The highest BCUT2D eigenvalue weighted by Gasteiger charge is 2.25. The Hall–Kier alpha value is -3.06. The Morgan fingerprint density at radius 1 is 1.14 bits per heavy atom. The van der Waals surface area contributed by atoms with Crippen LogP contribution in [0, 0.1) is 0 Å². The molecule has 1 aromatic carbocycles. The summed E-state index contributed by atoms with van der Waals surface area (Å²) in [5.41, 5.74) is 3.25. The molecule has 7 nitrogen and oxygen atoms in total. The van der Waals surface area contributed by atoms with Crippen LogP contribution in [-0.4, -0.2) is 48.6 Å². The zero-order chi connectivity index (χ0) is 19.5. The Morgan fingerprint density at radius 3 is 2.64 bits per heavy atom. The number of carboxylic acid groups (broad SMARTS) is 1. The minimum absolute atomic E-state index is 0.339. The Morgan fingerprint density at radius 2 is 1.93 bits per heavy atom. The molecule has 0 atom stereocenters. The highest BCUT2D eigenvalue weighted by atomic mass is 16.4. The molecule has 0 radical (unpaired) electrons. The van der Waals surface area contributed by atoms with E-state index < -0.39 is 5.97 Å². The van der Waals surface area contributed by atoms with Gasteiger partial charge in [0, 0.05) is 44.3 Å². The first-order chi connectivity index (χ1) is 13.6. The van der Waals surface area contributed by atoms with Crippen LogP contribution in [0.25, 0.3) is 11.5 Å². The molecular weight excluding hydrogens is 354 g/mol. The van der Waals surface area contributed by atoms with Crippen LogP contribution in [0.5, 0.6) is 0 Å². The number of carboxylic acids is 1. The molecule has 0 aliphatic carbocycles. The normalized spacial score (nSPS) is 15.6. The highest BCUT2D eigenvalue weighted by Crippen LogP contribution is 2.32. The van der Waals surface area contributed by atoms with Crippen LogP contribution in [0.15, 0.2) is 49.1 Å². The summed E-state index contributed by atoms with van der Waals surface area (Å²) in [6.45, 7) is 2.65. The van der Waals surface area contributed by atoms with Gasteiger partial charge in [-0.3, -0.25) is 9.88 Å².